The Labute approximate surface area is 194 Å². The molecule has 1 heterocycles. The van der Waals surface area contributed by atoms with Crippen LogP contribution in [-0.2, 0) is 19.4 Å². The highest BCUT2D eigenvalue weighted by Crippen LogP contribution is 2.54. The number of esters is 1. The molecule has 2 aromatic rings. The quantitative estimate of drug-likeness (QED) is 0.504. The SMILES string of the molecule is O=C1CCC2(CC3CC[C@@H](C2)C3S(=O)(=O)c2cccc(C(=O)Nc3cc(F)c(F)c(F)c3)c2)O1. The number of amides is 1. The van der Waals surface area contributed by atoms with Crippen molar-refractivity contribution in [1.82, 2.24) is 0 Å². The Kier molecular flexibility index (Phi) is 5.46. The van der Waals surface area contributed by atoms with E-state index in [1.54, 1.807) is 0 Å². The standard InChI is InChI=1S/C24H22F3NO5S/c25-18-9-16(10-19(26)21(18)27)28-23(30)13-2-1-3-17(8-13)34(31,32)22-14-4-5-15(22)12-24(11-14)7-6-20(29)33-24/h1-3,8-10,14-15,22H,4-7,11-12H2,(H,28,30)/t14-,15?,22?,24?/m0/s1. The summed E-state index contributed by atoms with van der Waals surface area (Å²) in [5.41, 5.74) is -0.872. The van der Waals surface area contributed by atoms with Gasteiger partial charge in [-0.25, -0.2) is 21.6 Å². The number of rotatable bonds is 4. The summed E-state index contributed by atoms with van der Waals surface area (Å²) >= 11 is 0. The van der Waals surface area contributed by atoms with Crippen LogP contribution in [0.4, 0.5) is 18.9 Å². The molecule has 6 nitrogen and oxygen atoms in total. The first-order chi connectivity index (χ1) is 16.1. The summed E-state index contributed by atoms with van der Waals surface area (Å²) in [4.78, 5) is 24.3. The van der Waals surface area contributed by atoms with E-state index in [0.717, 1.165) is 12.8 Å². The number of carbonyl (C=O) groups is 2. The molecule has 3 unspecified atom stereocenters. The summed E-state index contributed by atoms with van der Waals surface area (Å²) in [5.74, 6) is -5.86. The molecule has 2 bridgehead atoms. The first kappa shape index (κ1) is 22.9. The summed E-state index contributed by atoms with van der Waals surface area (Å²) in [5, 5.41) is 1.63. The monoisotopic (exact) mass is 493 g/mol. The van der Waals surface area contributed by atoms with Crippen molar-refractivity contribution in [2.24, 2.45) is 11.8 Å². The zero-order chi connectivity index (χ0) is 24.3. The molecule has 34 heavy (non-hydrogen) atoms. The summed E-state index contributed by atoms with van der Waals surface area (Å²) in [6.07, 6.45) is 3.47. The number of ether oxygens (including phenoxy) is 1. The average molecular weight is 494 g/mol. The van der Waals surface area contributed by atoms with Crippen LogP contribution in [0.1, 0.15) is 48.9 Å². The third kappa shape index (κ3) is 3.87. The Bertz CT molecular complexity index is 1260. The first-order valence-corrected chi connectivity index (χ1v) is 12.6. The smallest absolute Gasteiger partial charge is 0.306 e. The van der Waals surface area contributed by atoms with Gasteiger partial charge in [-0.15, -0.1) is 0 Å². The van der Waals surface area contributed by atoms with Crippen molar-refractivity contribution in [2.45, 2.75) is 54.3 Å². The number of carbonyl (C=O) groups excluding carboxylic acids is 2. The van der Waals surface area contributed by atoms with Crippen molar-refractivity contribution in [3.63, 3.8) is 0 Å². The van der Waals surface area contributed by atoms with E-state index in [4.69, 9.17) is 4.74 Å². The lowest BCUT2D eigenvalue weighted by molar-refractivity contribution is -0.152. The fourth-order valence-corrected chi connectivity index (χ4v) is 8.24. The molecule has 1 aliphatic heterocycles. The molecule has 0 radical (unpaired) electrons. The predicted molar refractivity (Wildman–Crippen MR) is 115 cm³/mol. The zero-order valence-corrected chi connectivity index (χ0v) is 18.8. The highest BCUT2D eigenvalue weighted by Gasteiger charge is 2.57. The Morgan fingerprint density at radius 3 is 2.26 bits per heavy atom. The van der Waals surface area contributed by atoms with Crippen LogP contribution in [0.5, 0.6) is 0 Å². The van der Waals surface area contributed by atoms with Gasteiger partial charge in [-0.3, -0.25) is 9.59 Å². The second-order valence-corrected chi connectivity index (χ2v) is 11.5. The molecule has 1 N–H and O–H groups in total. The largest absolute Gasteiger partial charge is 0.459 e. The maximum atomic E-state index is 13.6. The first-order valence-electron chi connectivity index (χ1n) is 11.1. The fraction of sp³-hybridized carbons (Fsp3) is 0.417. The van der Waals surface area contributed by atoms with E-state index in [0.29, 0.717) is 37.8 Å². The minimum absolute atomic E-state index is 0.0158. The molecule has 3 aliphatic rings. The van der Waals surface area contributed by atoms with Crippen LogP contribution in [-0.4, -0.2) is 31.1 Å². The molecule has 10 heteroatoms. The number of hydrogen-bond donors (Lipinski definition) is 1. The molecule has 2 aliphatic carbocycles. The molecule has 1 amide bonds. The van der Waals surface area contributed by atoms with Gasteiger partial charge in [0.05, 0.1) is 10.1 Å². The number of benzene rings is 2. The molecule has 2 saturated carbocycles. The summed E-state index contributed by atoms with van der Waals surface area (Å²) in [6, 6.07) is 6.75. The van der Waals surface area contributed by atoms with Gasteiger partial charge in [0.25, 0.3) is 5.91 Å². The van der Waals surface area contributed by atoms with Gasteiger partial charge in [-0.1, -0.05) is 6.07 Å². The second-order valence-electron chi connectivity index (χ2n) is 9.41. The molecular weight excluding hydrogens is 471 g/mol. The van der Waals surface area contributed by atoms with Crippen molar-refractivity contribution in [3.8, 4) is 0 Å². The summed E-state index contributed by atoms with van der Waals surface area (Å²) in [6.45, 7) is 0. The number of nitrogens with one attached hydrogen (secondary N) is 1. The van der Waals surface area contributed by atoms with Crippen molar-refractivity contribution in [3.05, 3.63) is 59.4 Å². The summed E-state index contributed by atoms with van der Waals surface area (Å²) in [7, 11) is -3.80. The Morgan fingerprint density at radius 2 is 1.68 bits per heavy atom. The van der Waals surface area contributed by atoms with Crippen LogP contribution in [0.3, 0.4) is 0 Å². The van der Waals surface area contributed by atoms with E-state index in [2.05, 4.69) is 5.32 Å². The minimum Gasteiger partial charge on any atom is -0.459 e. The lowest BCUT2D eigenvalue weighted by Crippen LogP contribution is -2.46. The van der Waals surface area contributed by atoms with Crippen LogP contribution in [0.15, 0.2) is 41.3 Å². The number of hydrogen-bond acceptors (Lipinski definition) is 5. The van der Waals surface area contributed by atoms with Gasteiger partial charge >= 0.3 is 5.97 Å². The number of sulfone groups is 1. The topological polar surface area (TPSA) is 89.5 Å². The van der Waals surface area contributed by atoms with Crippen LogP contribution in [0.2, 0.25) is 0 Å². The van der Waals surface area contributed by atoms with E-state index < -0.39 is 44.0 Å². The molecule has 5 rings (SSSR count). The zero-order valence-electron chi connectivity index (χ0n) is 18.0. The summed E-state index contributed by atoms with van der Waals surface area (Å²) < 4.78 is 72.9. The predicted octanol–water partition coefficient (Wildman–Crippen LogP) is 4.39. The normalized spacial score (nSPS) is 28.2. The maximum absolute atomic E-state index is 13.6. The Morgan fingerprint density at radius 1 is 1.03 bits per heavy atom. The molecule has 4 atom stereocenters. The van der Waals surface area contributed by atoms with Crippen LogP contribution in [0, 0.1) is 29.3 Å². The van der Waals surface area contributed by atoms with Gasteiger partial charge in [0, 0.05) is 29.8 Å². The van der Waals surface area contributed by atoms with Gasteiger partial charge in [0.2, 0.25) is 0 Å². The van der Waals surface area contributed by atoms with Gasteiger partial charge in [0.15, 0.2) is 27.3 Å². The highest BCUT2D eigenvalue weighted by molar-refractivity contribution is 7.92. The van der Waals surface area contributed by atoms with E-state index in [1.165, 1.54) is 24.3 Å². The van der Waals surface area contributed by atoms with Gasteiger partial charge < -0.3 is 10.1 Å². The van der Waals surface area contributed by atoms with Crippen molar-refractivity contribution in [2.75, 3.05) is 5.32 Å². The number of anilines is 1. The van der Waals surface area contributed by atoms with E-state index >= 15 is 0 Å². The van der Waals surface area contributed by atoms with E-state index in [9.17, 15) is 31.2 Å². The highest BCUT2D eigenvalue weighted by atomic mass is 32.2. The van der Waals surface area contributed by atoms with Crippen molar-refractivity contribution < 1.29 is 35.9 Å². The van der Waals surface area contributed by atoms with Gasteiger partial charge in [0.1, 0.15) is 5.60 Å². The van der Waals surface area contributed by atoms with Gasteiger partial charge in [-0.2, -0.15) is 0 Å². The van der Waals surface area contributed by atoms with E-state index in [-0.39, 0.29) is 34.0 Å². The molecule has 180 valence electrons. The Hall–Kier alpha value is -2.88. The van der Waals surface area contributed by atoms with Crippen LogP contribution >= 0.6 is 0 Å². The Balaban J connectivity index is 1.38. The third-order valence-corrected chi connectivity index (χ3v) is 9.64. The molecule has 3 fully saturated rings. The molecule has 2 aromatic carbocycles. The van der Waals surface area contributed by atoms with E-state index in [1.807, 2.05) is 0 Å². The fourth-order valence-electron chi connectivity index (χ4n) is 5.89. The third-order valence-electron chi connectivity index (χ3n) is 7.25. The molecular formula is C24H22F3NO5S. The average Bonchev–Trinajstić information content (AvgIpc) is 3.29. The molecule has 1 saturated heterocycles. The lowest BCUT2D eigenvalue weighted by Gasteiger charge is -2.40. The van der Waals surface area contributed by atoms with Crippen LogP contribution in [0.25, 0.3) is 0 Å². The minimum atomic E-state index is -3.80. The van der Waals surface area contributed by atoms with Crippen LogP contribution < -0.4 is 5.32 Å². The van der Waals surface area contributed by atoms with Crippen molar-refractivity contribution >= 4 is 27.4 Å². The molecule has 1 spiro atoms. The number of fused-ring (bicyclic) bond motifs is 2. The molecule has 0 aromatic heterocycles. The van der Waals surface area contributed by atoms with Crippen molar-refractivity contribution in [1.29, 1.82) is 0 Å². The lowest BCUT2D eigenvalue weighted by atomic mass is 9.76. The maximum Gasteiger partial charge on any atom is 0.306 e. The van der Waals surface area contributed by atoms with Gasteiger partial charge in [-0.05, 0) is 62.1 Å². The second kappa shape index (κ2) is 8.11. The number of halogens is 3.